The molecule has 10 heteroatoms. The van der Waals surface area contributed by atoms with Crippen LogP contribution < -0.4 is 20.1 Å². The van der Waals surface area contributed by atoms with Gasteiger partial charge < -0.3 is 25.0 Å². The van der Waals surface area contributed by atoms with E-state index in [0.717, 1.165) is 17.0 Å². The fourth-order valence-corrected chi connectivity index (χ4v) is 5.73. The van der Waals surface area contributed by atoms with Crippen molar-refractivity contribution in [3.05, 3.63) is 107 Å². The molecular weight excluding hydrogens is 538 g/mol. The second-order valence-corrected chi connectivity index (χ2v) is 10.3. The Balaban J connectivity index is 1.40. The van der Waals surface area contributed by atoms with Gasteiger partial charge in [-0.15, -0.1) is 0 Å². The number of ether oxygens (including phenoxy) is 2. The highest BCUT2D eigenvalue weighted by molar-refractivity contribution is 8.16. The Morgan fingerprint density at radius 1 is 1.00 bits per heavy atom. The molecule has 1 unspecified atom stereocenters. The van der Waals surface area contributed by atoms with Crippen molar-refractivity contribution in [2.45, 2.75) is 25.8 Å². The molecule has 2 amide bonds. The van der Waals surface area contributed by atoms with E-state index >= 15 is 0 Å². The summed E-state index contributed by atoms with van der Waals surface area (Å²) in [6.07, 6.45) is 2.52. The predicted molar refractivity (Wildman–Crippen MR) is 161 cm³/mol. The van der Waals surface area contributed by atoms with Crippen molar-refractivity contribution in [2.24, 2.45) is 4.99 Å². The minimum absolute atomic E-state index is 0.117. The first-order chi connectivity index (χ1) is 20.0. The second kappa shape index (κ2) is 12.7. The van der Waals surface area contributed by atoms with Crippen LogP contribution >= 0.6 is 11.8 Å². The van der Waals surface area contributed by atoms with Crippen molar-refractivity contribution in [2.75, 3.05) is 26.1 Å². The summed E-state index contributed by atoms with van der Waals surface area (Å²) in [5.74, 6) is 0.971. The summed E-state index contributed by atoms with van der Waals surface area (Å²) in [5.41, 5.74) is 4.26. The lowest BCUT2D eigenvalue weighted by Crippen LogP contribution is -2.39. The normalized spacial score (nSPS) is 16.0. The van der Waals surface area contributed by atoms with E-state index in [1.54, 1.807) is 44.7 Å². The molecule has 0 aliphatic carbocycles. The van der Waals surface area contributed by atoms with Gasteiger partial charge in [-0.05, 0) is 66.4 Å². The van der Waals surface area contributed by atoms with Gasteiger partial charge in [-0.2, -0.15) is 0 Å². The molecule has 9 nitrogen and oxygen atoms in total. The number of methoxy groups -OCH3 is 2. The number of hydrogen-bond acceptors (Lipinski definition) is 8. The zero-order valence-electron chi connectivity index (χ0n) is 23.1. The maximum Gasteiger partial charge on any atom is 0.255 e. The molecule has 2 aromatic carbocycles. The highest BCUT2D eigenvalue weighted by Gasteiger charge is 2.40. The maximum absolute atomic E-state index is 13.8. The van der Waals surface area contributed by atoms with Gasteiger partial charge in [-0.25, -0.2) is 4.99 Å². The Hall–Kier alpha value is -4.57. The number of nitrogens with zero attached hydrogens (tertiary/aromatic N) is 3. The average molecular weight is 570 g/mol. The van der Waals surface area contributed by atoms with Crippen LogP contribution in [0.15, 0.2) is 100 Å². The number of pyridine rings is 1. The maximum atomic E-state index is 13.8. The molecule has 1 atom stereocenters. The zero-order chi connectivity index (χ0) is 28.8. The van der Waals surface area contributed by atoms with Crippen molar-refractivity contribution >= 4 is 34.4 Å². The highest BCUT2D eigenvalue weighted by atomic mass is 32.2. The number of fused-ring (bicyclic) bond motifs is 1. The van der Waals surface area contributed by atoms with Crippen LogP contribution in [0.2, 0.25) is 0 Å². The van der Waals surface area contributed by atoms with Crippen LogP contribution in [0.4, 0.5) is 5.69 Å². The fraction of sp³-hybridized carbons (Fsp3) is 0.226. The number of carbonyl (C=O) groups excluding carboxylic acids is 2. The molecular formula is C31H31N5O4S. The smallest absolute Gasteiger partial charge is 0.255 e. The molecule has 0 spiro atoms. The summed E-state index contributed by atoms with van der Waals surface area (Å²) in [6.45, 7) is 2.31. The van der Waals surface area contributed by atoms with Gasteiger partial charge in [0, 0.05) is 36.2 Å². The molecule has 5 rings (SSSR count). The molecule has 3 heterocycles. The Morgan fingerprint density at radius 3 is 2.54 bits per heavy atom. The van der Waals surface area contributed by atoms with E-state index in [1.165, 1.54) is 11.8 Å². The molecule has 0 saturated heterocycles. The van der Waals surface area contributed by atoms with Crippen LogP contribution in [0.25, 0.3) is 0 Å². The molecule has 0 bridgehead atoms. The van der Waals surface area contributed by atoms with Crippen molar-refractivity contribution in [3.63, 3.8) is 0 Å². The number of carbonyl (C=O) groups is 2. The molecule has 1 aromatic heterocycles. The number of benzene rings is 2. The van der Waals surface area contributed by atoms with Crippen LogP contribution in [-0.2, 0) is 16.0 Å². The number of allylic oxidation sites excluding steroid dienone is 1. The number of amidine groups is 1. The molecule has 210 valence electrons. The highest BCUT2D eigenvalue weighted by Crippen LogP contribution is 2.45. The monoisotopic (exact) mass is 569 g/mol. The average Bonchev–Trinajstić information content (AvgIpc) is 3.38. The van der Waals surface area contributed by atoms with E-state index in [1.807, 2.05) is 59.7 Å². The third-order valence-corrected chi connectivity index (χ3v) is 7.66. The number of hydrogen-bond donors (Lipinski definition) is 2. The minimum Gasteiger partial charge on any atom is -0.497 e. The third kappa shape index (κ3) is 6.44. The number of aromatic nitrogens is 1. The largest absolute Gasteiger partial charge is 0.497 e. The van der Waals surface area contributed by atoms with Gasteiger partial charge in [0.05, 0.1) is 38.0 Å². The number of thioether (sulfide) groups is 1. The van der Waals surface area contributed by atoms with Gasteiger partial charge in [-0.1, -0.05) is 30.0 Å². The first-order valence-corrected chi connectivity index (χ1v) is 14.0. The second-order valence-electron chi connectivity index (χ2n) is 9.45. The minimum atomic E-state index is -0.515. The molecule has 0 saturated carbocycles. The summed E-state index contributed by atoms with van der Waals surface area (Å²) >= 11 is 1.44. The fourth-order valence-electron chi connectivity index (χ4n) is 4.76. The van der Waals surface area contributed by atoms with Gasteiger partial charge in [0.2, 0.25) is 5.91 Å². The van der Waals surface area contributed by atoms with Crippen molar-refractivity contribution in [1.82, 2.24) is 15.2 Å². The zero-order valence-corrected chi connectivity index (χ0v) is 23.9. The van der Waals surface area contributed by atoms with Gasteiger partial charge >= 0.3 is 0 Å². The summed E-state index contributed by atoms with van der Waals surface area (Å²) in [7, 11) is 3.20. The molecule has 2 N–H and O–H groups in total. The Morgan fingerprint density at radius 2 is 1.80 bits per heavy atom. The molecule has 0 fully saturated rings. The van der Waals surface area contributed by atoms with Crippen molar-refractivity contribution < 1.29 is 19.1 Å². The quantitative estimate of drug-likeness (QED) is 0.352. The topological polar surface area (TPSA) is 105 Å². The lowest BCUT2D eigenvalue weighted by molar-refractivity contribution is -0.120. The first-order valence-electron chi connectivity index (χ1n) is 13.2. The Kier molecular flexibility index (Phi) is 8.69. The van der Waals surface area contributed by atoms with Crippen molar-refractivity contribution in [3.8, 4) is 11.5 Å². The van der Waals surface area contributed by atoms with Crippen LogP contribution in [-0.4, -0.2) is 47.6 Å². The van der Waals surface area contributed by atoms with Gasteiger partial charge in [-0.3, -0.25) is 14.6 Å². The summed E-state index contributed by atoms with van der Waals surface area (Å²) in [5, 5.41) is 8.65. The number of anilines is 1. The molecule has 41 heavy (non-hydrogen) atoms. The van der Waals surface area contributed by atoms with Crippen molar-refractivity contribution in [1.29, 1.82) is 0 Å². The number of nitrogens with one attached hydrogen (secondary N) is 2. The van der Waals surface area contributed by atoms with E-state index in [-0.39, 0.29) is 18.2 Å². The number of rotatable bonds is 10. The van der Waals surface area contributed by atoms with E-state index in [2.05, 4.69) is 15.6 Å². The van der Waals surface area contributed by atoms with Crippen LogP contribution in [0, 0.1) is 0 Å². The summed E-state index contributed by atoms with van der Waals surface area (Å²) in [6, 6.07) is 20.0. The van der Waals surface area contributed by atoms with E-state index in [0.29, 0.717) is 46.6 Å². The van der Waals surface area contributed by atoms with Crippen LogP contribution in [0.5, 0.6) is 11.5 Å². The predicted octanol–water partition coefficient (Wildman–Crippen LogP) is 5.06. The lowest BCUT2D eigenvalue weighted by atomic mass is 9.93. The standard InChI is InChI=1S/C31H31N5O4S/c1-20-28(30(38)35-23-10-12-25(39-2)13-11-23)29(21-7-6-9-26(17-21)40-3)36-24(19-41-31(36)34-20)18-27(37)33-16-14-22-8-4-5-15-32-22/h4-13,15,17,19,29H,14,16,18H2,1-3H3,(H,33,37)(H,35,38). The number of aliphatic imine (C=N–C) groups is 1. The first kappa shape index (κ1) is 28.0. The molecule has 3 aromatic rings. The molecule has 2 aliphatic heterocycles. The Bertz CT molecular complexity index is 1520. The lowest BCUT2D eigenvalue weighted by Gasteiger charge is -2.36. The van der Waals surface area contributed by atoms with Gasteiger partial charge in [0.25, 0.3) is 5.91 Å². The van der Waals surface area contributed by atoms with Crippen LogP contribution in [0.3, 0.4) is 0 Å². The van der Waals surface area contributed by atoms with Crippen LogP contribution in [0.1, 0.15) is 30.6 Å². The van der Waals surface area contributed by atoms with Gasteiger partial charge in [0.15, 0.2) is 5.17 Å². The van der Waals surface area contributed by atoms with Gasteiger partial charge in [0.1, 0.15) is 11.5 Å². The third-order valence-electron chi connectivity index (χ3n) is 6.77. The van der Waals surface area contributed by atoms with E-state index in [4.69, 9.17) is 14.5 Å². The molecule has 2 aliphatic rings. The Labute approximate surface area is 243 Å². The SMILES string of the molecule is COc1ccc(NC(=O)C2=C(C)N=C3SC=C(CC(=O)NCCc4ccccn4)N3C2c2cccc(OC)c2)cc1. The van der Waals surface area contributed by atoms with E-state index in [9.17, 15) is 9.59 Å². The summed E-state index contributed by atoms with van der Waals surface area (Å²) < 4.78 is 10.7. The number of amides is 2. The molecule has 0 radical (unpaired) electrons. The van der Waals surface area contributed by atoms with E-state index < -0.39 is 6.04 Å². The summed E-state index contributed by atoms with van der Waals surface area (Å²) in [4.78, 5) is 37.9.